The molecule has 2 fully saturated rings. The van der Waals surface area contributed by atoms with Crippen molar-refractivity contribution in [2.75, 3.05) is 45.8 Å². The number of thiophene rings is 1. The lowest BCUT2D eigenvalue weighted by atomic mass is 10.1. The molecule has 0 N–H and O–H groups in total. The summed E-state index contributed by atoms with van der Waals surface area (Å²) >= 11 is 1.60. The van der Waals surface area contributed by atoms with Crippen LogP contribution in [0, 0.1) is 5.92 Å². The van der Waals surface area contributed by atoms with E-state index in [9.17, 15) is 9.59 Å². The molecule has 2 aliphatic rings. The molecule has 1 atom stereocenters. The number of carbonyl (C=O) groups is 2. The van der Waals surface area contributed by atoms with Gasteiger partial charge in [-0.05, 0) is 36.4 Å². The minimum Gasteiger partial charge on any atom is -0.342 e. The Kier molecular flexibility index (Phi) is 7.54. The van der Waals surface area contributed by atoms with Gasteiger partial charge in [-0.1, -0.05) is 41.6 Å². The lowest BCUT2D eigenvalue weighted by Crippen LogP contribution is -2.50. The molecule has 184 valence electrons. The van der Waals surface area contributed by atoms with E-state index in [2.05, 4.69) is 27.2 Å². The monoisotopic (exact) mass is 493 g/mol. The Morgan fingerprint density at radius 2 is 1.86 bits per heavy atom. The minimum absolute atomic E-state index is 0.0983. The summed E-state index contributed by atoms with van der Waals surface area (Å²) in [5, 5.41) is 6.07. The number of hydrogen-bond acceptors (Lipinski definition) is 7. The SMILES string of the molecule is O=C1CC(C(=O)N2CCN(CCCc3nc(-c4cccs4)no3)CC2)CN1CCc1ccccc1. The number of rotatable bonds is 9. The highest BCUT2D eigenvalue weighted by Gasteiger charge is 2.37. The van der Waals surface area contributed by atoms with E-state index in [0.717, 1.165) is 56.9 Å². The summed E-state index contributed by atoms with van der Waals surface area (Å²) in [5.41, 5.74) is 1.22. The van der Waals surface area contributed by atoms with E-state index >= 15 is 0 Å². The quantitative estimate of drug-likeness (QED) is 0.456. The fraction of sp³-hybridized carbons (Fsp3) is 0.462. The van der Waals surface area contributed by atoms with Crippen LogP contribution in [0.4, 0.5) is 0 Å². The lowest BCUT2D eigenvalue weighted by Gasteiger charge is -2.35. The summed E-state index contributed by atoms with van der Waals surface area (Å²) in [4.78, 5) is 37.2. The molecule has 8 nitrogen and oxygen atoms in total. The second-order valence-corrected chi connectivity index (χ2v) is 10.2. The van der Waals surface area contributed by atoms with Crippen LogP contribution < -0.4 is 0 Å². The number of aromatic nitrogens is 2. The molecule has 0 aliphatic carbocycles. The topological polar surface area (TPSA) is 82.8 Å². The molecule has 4 heterocycles. The van der Waals surface area contributed by atoms with Crippen LogP contribution in [0.5, 0.6) is 0 Å². The molecule has 5 rings (SSSR count). The molecule has 2 amide bonds. The van der Waals surface area contributed by atoms with Crippen LogP contribution in [-0.4, -0.2) is 82.5 Å². The second-order valence-electron chi connectivity index (χ2n) is 9.24. The summed E-state index contributed by atoms with van der Waals surface area (Å²) in [6.45, 7) is 5.31. The first-order valence-corrected chi connectivity index (χ1v) is 13.2. The maximum Gasteiger partial charge on any atom is 0.228 e. The van der Waals surface area contributed by atoms with Crippen LogP contribution >= 0.6 is 11.3 Å². The van der Waals surface area contributed by atoms with Crippen LogP contribution in [-0.2, 0) is 22.4 Å². The summed E-state index contributed by atoms with van der Waals surface area (Å²) in [6, 6.07) is 14.1. The average Bonchev–Trinajstić information content (AvgIpc) is 3.65. The summed E-state index contributed by atoms with van der Waals surface area (Å²) in [7, 11) is 0. The van der Waals surface area contributed by atoms with Crippen molar-refractivity contribution in [3.63, 3.8) is 0 Å². The Balaban J connectivity index is 1.02. The average molecular weight is 494 g/mol. The van der Waals surface area contributed by atoms with Crippen molar-refractivity contribution in [1.82, 2.24) is 24.8 Å². The van der Waals surface area contributed by atoms with Crippen molar-refractivity contribution in [2.45, 2.75) is 25.7 Å². The van der Waals surface area contributed by atoms with Crippen molar-refractivity contribution < 1.29 is 14.1 Å². The summed E-state index contributed by atoms with van der Waals surface area (Å²) in [5.74, 6) is 1.35. The molecular weight excluding hydrogens is 462 g/mol. The van der Waals surface area contributed by atoms with Gasteiger partial charge in [0, 0.05) is 52.1 Å². The van der Waals surface area contributed by atoms with Gasteiger partial charge in [0.05, 0.1) is 10.8 Å². The highest BCUT2D eigenvalue weighted by Crippen LogP contribution is 2.23. The molecular formula is C26H31N5O3S. The van der Waals surface area contributed by atoms with Crippen LogP contribution in [0.25, 0.3) is 10.7 Å². The van der Waals surface area contributed by atoms with Gasteiger partial charge < -0.3 is 14.3 Å². The van der Waals surface area contributed by atoms with E-state index in [4.69, 9.17) is 4.52 Å². The lowest BCUT2D eigenvalue weighted by molar-refractivity contribution is -0.137. The third kappa shape index (κ3) is 5.97. The van der Waals surface area contributed by atoms with E-state index in [1.54, 1.807) is 11.3 Å². The van der Waals surface area contributed by atoms with Gasteiger partial charge in [-0.15, -0.1) is 11.3 Å². The van der Waals surface area contributed by atoms with Crippen molar-refractivity contribution in [2.24, 2.45) is 5.92 Å². The fourth-order valence-corrected chi connectivity index (χ4v) is 5.48. The van der Waals surface area contributed by atoms with E-state index in [-0.39, 0.29) is 17.7 Å². The Morgan fingerprint density at radius 3 is 2.63 bits per heavy atom. The van der Waals surface area contributed by atoms with Crippen molar-refractivity contribution in [1.29, 1.82) is 0 Å². The molecule has 0 saturated carbocycles. The number of nitrogens with zero attached hydrogens (tertiary/aromatic N) is 5. The smallest absolute Gasteiger partial charge is 0.228 e. The van der Waals surface area contributed by atoms with Gasteiger partial charge in [0.25, 0.3) is 0 Å². The van der Waals surface area contributed by atoms with Gasteiger partial charge in [-0.2, -0.15) is 4.98 Å². The largest absolute Gasteiger partial charge is 0.342 e. The van der Waals surface area contributed by atoms with Crippen LogP contribution in [0.2, 0.25) is 0 Å². The van der Waals surface area contributed by atoms with Crippen LogP contribution in [0.3, 0.4) is 0 Å². The molecule has 0 bridgehead atoms. The third-order valence-electron chi connectivity index (χ3n) is 6.84. The first-order valence-electron chi connectivity index (χ1n) is 12.3. The molecule has 9 heteroatoms. The molecule has 2 aliphatic heterocycles. The number of aryl methyl sites for hydroxylation is 1. The number of benzene rings is 1. The van der Waals surface area contributed by atoms with Gasteiger partial charge >= 0.3 is 0 Å². The van der Waals surface area contributed by atoms with Gasteiger partial charge in [0.2, 0.25) is 23.5 Å². The normalized spacial score (nSPS) is 19.0. The molecule has 1 unspecified atom stereocenters. The standard InChI is InChI=1S/C26H31N5O3S/c32-24-18-21(19-31(24)12-10-20-6-2-1-3-7-20)26(33)30-15-13-29(14-16-30)11-4-9-23-27-25(28-34-23)22-8-5-17-35-22/h1-3,5-8,17,21H,4,9-16,18-19H2. The Hall–Kier alpha value is -3.04. The van der Waals surface area contributed by atoms with Gasteiger partial charge in [-0.3, -0.25) is 14.5 Å². The summed E-state index contributed by atoms with van der Waals surface area (Å²) in [6.07, 6.45) is 2.85. The molecule has 35 heavy (non-hydrogen) atoms. The third-order valence-corrected chi connectivity index (χ3v) is 7.70. The van der Waals surface area contributed by atoms with Crippen LogP contribution in [0.15, 0.2) is 52.4 Å². The predicted octanol–water partition coefficient (Wildman–Crippen LogP) is 2.97. The number of likely N-dealkylation sites (tertiary alicyclic amines) is 1. The molecule has 3 aromatic rings. The maximum atomic E-state index is 13.1. The van der Waals surface area contributed by atoms with E-state index < -0.39 is 0 Å². The number of amides is 2. The van der Waals surface area contributed by atoms with Gasteiger partial charge in [0.15, 0.2) is 0 Å². The first kappa shape index (κ1) is 23.7. The highest BCUT2D eigenvalue weighted by atomic mass is 32.1. The molecule has 1 aromatic carbocycles. The van der Waals surface area contributed by atoms with Crippen molar-refractivity contribution in [3.05, 3.63) is 59.3 Å². The highest BCUT2D eigenvalue weighted by molar-refractivity contribution is 7.13. The Morgan fingerprint density at radius 1 is 1.03 bits per heavy atom. The van der Waals surface area contributed by atoms with Crippen molar-refractivity contribution in [3.8, 4) is 10.7 Å². The Bertz CT molecular complexity index is 1110. The molecule has 0 radical (unpaired) electrons. The van der Waals surface area contributed by atoms with E-state index in [1.165, 1.54) is 5.56 Å². The van der Waals surface area contributed by atoms with Gasteiger partial charge in [-0.25, -0.2) is 0 Å². The zero-order valence-corrected chi connectivity index (χ0v) is 20.7. The van der Waals surface area contributed by atoms with E-state index in [0.29, 0.717) is 31.2 Å². The number of hydrogen-bond donors (Lipinski definition) is 0. The zero-order valence-electron chi connectivity index (χ0n) is 19.8. The maximum absolute atomic E-state index is 13.1. The number of piperazine rings is 1. The van der Waals surface area contributed by atoms with Crippen LogP contribution in [0.1, 0.15) is 24.3 Å². The Labute approximate surface area is 209 Å². The first-order chi connectivity index (χ1) is 17.2. The fourth-order valence-electron chi connectivity index (χ4n) is 4.83. The molecule has 2 aromatic heterocycles. The van der Waals surface area contributed by atoms with E-state index in [1.807, 2.05) is 45.5 Å². The summed E-state index contributed by atoms with van der Waals surface area (Å²) < 4.78 is 5.39. The minimum atomic E-state index is -0.208. The molecule has 0 spiro atoms. The predicted molar refractivity (Wildman–Crippen MR) is 134 cm³/mol. The number of carbonyl (C=O) groups excluding carboxylic acids is 2. The molecule has 2 saturated heterocycles. The second kappa shape index (κ2) is 11.1. The van der Waals surface area contributed by atoms with Gasteiger partial charge in [0.1, 0.15) is 0 Å². The van der Waals surface area contributed by atoms with Crippen molar-refractivity contribution >= 4 is 23.2 Å². The zero-order chi connectivity index (χ0) is 24.0.